The van der Waals surface area contributed by atoms with Gasteiger partial charge >= 0.3 is 0 Å². The van der Waals surface area contributed by atoms with Crippen LogP contribution < -0.4 is 0 Å². The number of amides is 2. The Balaban J connectivity index is 2.75. The Kier molecular flexibility index (Phi) is 4.80. The van der Waals surface area contributed by atoms with Crippen molar-refractivity contribution < 1.29 is 14.3 Å². The Bertz CT molecular complexity index is 280. The molecule has 1 saturated heterocycles. The maximum absolute atomic E-state index is 12.1. The van der Waals surface area contributed by atoms with Gasteiger partial charge in [-0.3, -0.25) is 14.5 Å². The molecule has 1 heterocycles. The molecule has 0 N–H and O–H groups in total. The minimum absolute atomic E-state index is 0.0318. The van der Waals surface area contributed by atoms with E-state index in [1.54, 1.807) is 14.0 Å². The third kappa shape index (κ3) is 2.77. The van der Waals surface area contributed by atoms with Gasteiger partial charge in [-0.15, -0.1) is 0 Å². The fourth-order valence-corrected chi connectivity index (χ4v) is 2.95. The topological polar surface area (TPSA) is 46.6 Å². The van der Waals surface area contributed by atoms with E-state index in [1.165, 1.54) is 16.7 Å². The van der Waals surface area contributed by atoms with Gasteiger partial charge in [-0.2, -0.15) is 0 Å². The maximum atomic E-state index is 12.1. The Morgan fingerprint density at radius 1 is 1.56 bits per heavy atom. The molecule has 1 aliphatic heterocycles. The minimum atomic E-state index is -0.256. The van der Waals surface area contributed by atoms with Crippen LogP contribution in [0.3, 0.4) is 0 Å². The number of rotatable bonds is 4. The number of hydrogen-bond acceptors (Lipinski definition) is 4. The molecule has 2 amide bonds. The number of carbonyl (C=O) groups excluding carboxylic acids is 2. The van der Waals surface area contributed by atoms with Crippen molar-refractivity contribution in [2.75, 3.05) is 19.5 Å². The SMILES string of the molecule is COC[C@@H](C)C(=O)N1C(=O)SC[C@@H]1C(C)C. The highest BCUT2D eigenvalue weighted by atomic mass is 32.2. The van der Waals surface area contributed by atoms with E-state index in [4.69, 9.17) is 4.74 Å². The summed E-state index contributed by atoms with van der Waals surface area (Å²) < 4.78 is 4.95. The van der Waals surface area contributed by atoms with E-state index in [1.807, 2.05) is 13.8 Å². The van der Waals surface area contributed by atoms with E-state index >= 15 is 0 Å². The number of thioether (sulfide) groups is 1. The van der Waals surface area contributed by atoms with Gasteiger partial charge in [0.2, 0.25) is 5.91 Å². The quantitative estimate of drug-likeness (QED) is 0.760. The molecule has 5 heteroatoms. The molecule has 1 fully saturated rings. The Hall–Kier alpha value is -0.550. The summed E-state index contributed by atoms with van der Waals surface area (Å²) in [6.07, 6.45) is 0. The lowest BCUT2D eigenvalue weighted by molar-refractivity contribution is -0.134. The third-order valence-electron chi connectivity index (χ3n) is 2.75. The molecule has 0 saturated carbocycles. The lowest BCUT2D eigenvalue weighted by Gasteiger charge is -2.27. The van der Waals surface area contributed by atoms with Gasteiger partial charge in [0.1, 0.15) is 0 Å². The highest BCUT2D eigenvalue weighted by molar-refractivity contribution is 8.14. The molecular weight excluding hydrogens is 226 g/mol. The lowest BCUT2D eigenvalue weighted by atomic mass is 10.0. The van der Waals surface area contributed by atoms with Gasteiger partial charge in [0.25, 0.3) is 5.24 Å². The summed E-state index contributed by atoms with van der Waals surface area (Å²) in [7, 11) is 1.56. The van der Waals surface area contributed by atoms with Crippen molar-refractivity contribution >= 4 is 22.9 Å². The largest absolute Gasteiger partial charge is 0.384 e. The van der Waals surface area contributed by atoms with Crippen LogP contribution in [0, 0.1) is 11.8 Å². The van der Waals surface area contributed by atoms with Gasteiger partial charge in [-0.1, -0.05) is 32.5 Å². The fraction of sp³-hybridized carbons (Fsp3) is 0.818. The van der Waals surface area contributed by atoms with Crippen LogP contribution in [-0.2, 0) is 9.53 Å². The van der Waals surface area contributed by atoms with E-state index in [-0.39, 0.29) is 23.1 Å². The van der Waals surface area contributed by atoms with Crippen molar-refractivity contribution in [3.63, 3.8) is 0 Å². The summed E-state index contributed by atoms with van der Waals surface area (Å²) in [6, 6.07) is 0.0318. The van der Waals surface area contributed by atoms with Crippen LogP contribution in [0.4, 0.5) is 4.79 Å². The second-order valence-corrected chi connectivity index (χ2v) is 5.42. The zero-order valence-electron chi connectivity index (χ0n) is 10.2. The van der Waals surface area contributed by atoms with Gasteiger partial charge < -0.3 is 4.74 Å². The molecule has 0 aliphatic carbocycles. The second kappa shape index (κ2) is 5.68. The van der Waals surface area contributed by atoms with Gasteiger partial charge in [0.05, 0.1) is 18.6 Å². The van der Waals surface area contributed by atoms with Crippen LogP contribution in [0.1, 0.15) is 20.8 Å². The number of hydrogen-bond donors (Lipinski definition) is 0. The summed E-state index contributed by atoms with van der Waals surface area (Å²) >= 11 is 1.23. The van der Waals surface area contributed by atoms with E-state index in [0.717, 1.165) is 0 Å². The first-order chi connectivity index (χ1) is 7.49. The molecule has 0 unspecified atom stereocenters. The smallest absolute Gasteiger partial charge is 0.288 e. The molecule has 0 spiro atoms. The Morgan fingerprint density at radius 3 is 2.69 bits per heavy atom. The molecule has 16 heavy (non-hydrogen) atoms. The molecule has 2 atom stereocenters. The molecule has 0 aromatic heterocycles. The highest BCUT2D eigenvalue weighted by Gasteiger charge is 2.39. The summed E-state index contributed by atoms with van der Waals surface area (Å²) in [5.41, 5.74) is 0. The molecular formula is C11H19NO3S. The number of ether oxygens (including phenoxy) is 1. The maximum Gasteiger partial charge on any atom is 0.288 e. The zero-order valence-corrected chi connectivity index (χ0v) is 11.0. The Labute approximate surface area is 101 Å². The molecule has 0 radical (unpaired) electrons. The number of carbonyl (C=O) groups is 2. The molecule has 92 valence electrons. The summed E-state index contributed by atoms with van der Waals surface area (Å²) in [5.74, 6) is 0.643. The van der Waals surface area contributed by atoms with Crippen molar-refractivity contribution in [1.29, 1.82) is 0 Å². The third-order valence-corrected chi connectivity index (χ3v) is 3.70. The number of methoxy groups -OCH3 is 1. The standard InChI is InChI=1S/C11H19NO3S/c1-7(2)9-6-16-11(14)12(9)10(13)8(3)5-15-4/h7-9H,5-6H2,1-4H3/t8-,9-/m1/s1. The molecule has 1 rings (SSSR count). The average molecular weight is 245 g/mol. The van der Waals surface area contributed by atoms with Crippen molar-refractivity contribution in [2.24, 2.45) is 11.8 Å². The molecule has 0 bridgehead atoms. The van der Waals surface area contributed by atoms with E-state index < -0.39 is 0 Å². The van der Waals surface area contributed by atoms with Gasteiger partial charge in [0.15, 0.2) is 0 Å². The van der Waals surface area contributed by atoms with Gasteiger partial charge in [-0.05, 0) is 5.92 Å². The average Bonchev–Trinajstić information content (AvgIpc) is 2.59. The lowest BCUT2D eigenvalue weighted by Crippen LogP contribution is -2.45. The predicted molar refractivity (Wildman–Crippen MR) is 64.4 cm³/mol. The monoisotopic (exact) mass is 245 g/mol. The normalized spacial score (nSPS) is 22.9. The minimum Gasteiger partial charge on any atom is -0.384 e. The number of imide groups is 1. The zero-order chi connectivity index (χ0) is 12.3. The first kappa shape index (κ1) is 13.5. The summed E-state index contributed by atoms with van der Waals surface area (Å²) in [4.78, 5) is 25.2. The molecule has 0 aromatic rings. The van der Waals surface area contributed by atoms with E-state index in [9.17, 15) is 9.59 Å². The molecule has 1 aliphatic rings. The summed E-state index contributed by atoms with van der Waals surface area (Å²) in [5, 5.41) is -0.119. The van der Waals surface area contributed by atoms with Crippen molar-refractivity contribution in [3.05, 3.63) is 0 Å². The van der Waals surface area contributed by atoms with Crippen LogP contribution in [0.25, 0.3) is 0 Å². The van der Waals surface area contributed by atoms with Crippen molar-refractivity contribution in [2.45, 2.75) is 26.8 Å². The Morgan fingerprint density at radius 2 is 2.19 bits per heavy atom. The predicted octanol–water partition coefficient (Wildman–Crippen LogP) is 1.99. The fourth-order valence-electron chi connectivity index (χ4n) is 1.74. The number of nitrogens with zero attached hydrogens (tertiary/aromatic N) is 1. The highest BCUT2D eigenvalue weighted by Crippen LogP contribution is 2.29. The van der Waals surface area contributed by atoms with Crippen molar-refractivity contribution in [3.8, 4) is 0 Å². The van der Waals surface area contributed by atoms with Crippen LogP contribution in [0.5, 0.6) is 0 Å². The van der Waals surface area contributed by atoms with Crippen LogP contribution in [-0.4, -0.2) is 41.6 Å². The van der Waals surface area contributed by atoms with Crippen molar-refractivity contribution in [1.82, 2.24) is 4.90 Å². The van der Waals surface area contributed by atoms with Crippen LogP contribution in [0.2, 0.25) is 0 Å². The van der Waals surface area contributed by atoms with E-state index in [0.29, 0.717) is 18.3 Å². The van der Waals surface area contributed by atoms with E-state index in [2.05, 4.69) is 0 Å². The summed E-state index contributed by atoms with van der Waals surface area (Å²) in [6.45, 7) is 6.22. The van der Waals surface area contributed by atoms with Crippen LogP contribution in [0.15, 0.2) is 0 Å². The van der Waals surface area contributed by atoms with Gasteiger partial charge in [-0.25, -0.2) is 0 Å². The first-order valence-electron chi connectivity index (χ1n) is 5.47. The second-order valence-electron chi connectivity index (χ2n) is 4.45. The molecule has 4 nitrogen and oxygen atoms in total. The van der Waals surface area contributed by atoms with Crippen LogP contribution >= 0.6 is 11.8 Å². The molecule has 0 aromatic carbocycles. The van der Waals surface area contributed by atoms with Gasteiger partial charge in [0, 0.05) is 12.9 Å². The first-order valence-corrected chi connectivity index (χ1v) is 6.46.